The standard InChI is InChI=1S/C24H34O3/c1-3-4-5-6-7-8-9-10-11-12-13-14-18-22-23(27-22)20-16-15-17-21(19-20)24(25)26-2/h12-19,22-23H,3-11H2,1-2H3. The van der Waals surface area contributed by atoms with Crippen LogP contribution in [0.15, 0.2) is 48.6 Å². The van der Waals surface area contributed by atoms with Crippen molar-refractivity contribution in [1.82, 2.24) is 0 Å². The van der Waals surface area contributed by atoms with Gasteiger partial charge in [-0.3, -0.25) is 0 Å². The summed E-state index contributed by atoms with van der Waals surface area (Å²) in [6.07, 6.45) is 20.7. The molecule has 1 fully saturated rings. The summed E-state index contributed by atoms with van der Waals surface area (Å²) in [4.78, 5) is 11.6. The van der Waals surface area contributed by atoms with Gasteiger partial charge in [-0.25, -0.2) is 4.79 Å². The third kappa shape index (κ3) is 8.13. The highest BCUT2D eigenvalue weighted by atomic mass is 16.6. The second-order valence-corrected chi connectivity index (χ2v) is 7.21. The second kappa shape index (κ2) is 12.5. The van der Waals surface area contributed by atoms with Gasteiger partial charge < -0.3 is 9.47 Å². The monoisotopic (exact) mass is 370 g/mol. The van der Waals surface area contributed by atoms with E-state index >= 15 is 0 Å². The molecule has 0 bridgehead atoms. The van der Waals surface area contributed by atoms with Crippen LogP contribution in [0.3, 0.4) is 0 Å². The molecule has 148 valence electrons. The van der Waals surface area contributed by atoms with E-state index < -0.39 is 0 Å². The lowest BCUT2D eigenvalue weighted by Crippen LogP contribution is -2.01. The number of hydrogen-bond acceptors (Lipinski definition) is 3. The van der Waals surface area contributed by atoms with Crippen LogP contribution in [0, 0.1) is 0 Å². The van der Waals surface area contributed by atoms with Crippen LogP contribution in [0.4, 0.5) is 0 Å². The van der Waals surface area contributed by atoms with Crippen molar-refractivity contribution in [2.75, 3.05) is 7.11 Å². The molecule has 1 heterocycles. The largest absolute Gasteiger partial charge is 0.465 e. The molecule has 0 amide bonds. The molecule has 1 aromatic rings. The topological polar surface area (TPSA) is 38.8 Å². The van der Waals surface area contributed by atoms with Crippen molar-refractivity contribution >= 4 is 5.97 Å². The highest BCUT2D eigenvalue weighted by Gasteiger charge is 2.37. The van der Waals surface area contributed by atoms with Gasteiger partial charge >= 0.3 is 5.97 Å². The van der Waals surface area contributed by atoms with Gasteiger partial charge in [-0.15, -0.1) is 0 Å². The summed E-state index contributed by atoms with van der Waals surface area (Å²) in [6, 6.07) is 7.47. The van der Waals surface area contributed by atoms with Crippen molar-refractivity contribution in [1.29, 1.82) is 0 Å². The van der Waals surface area contributed by atoms with Gasteiger partial charge in [0.15, 0.2) is 0 Å². The maximum Gasteiger partial charge on any atom is 0.337 e. The zero-order chi connectivity index (χ0) is 19.3. The van der Waals surface area contributed by atoms with Gasteiger partial charge in [0.2, 0.25) is 0 Å². The van der Waals surface area contributed by atoms with E-state index in [1.165, 1.54) is 58.5 Å². The molecule has 3 heteroatoms. The number of rotatable bonds is 13. The molecule has 1 aliphatic rings. The predicted octanol–water partition coefficient (Wildman–Crippen LogP) is 6.56. The lowest BCUT2D eigenvalue weighted by molar-refractivity contribution is 0.0600. The Bertz CT molecular complexity index is 618. The van der Waals surface area contributed by atoms with Crippen LogP contribution < -0.4 is 0 Å². The van der Waals surface area contributed by atoms with Crippen LogP contribution in [0.1, 0.15) is 86.7 Å². The minimum absolute atomic E-state index is 0.0481. The number of benzene rings is 1. The van der Waals surface area contributed by atoms with E-state index in [0.29, 0.717) is 5.56 Å². The second-order valence-electron chi connectivity index (χ2n) is 7.21. The van der Waals surface area contributed by atoms with E-state index in [2.05, 4.69) is 31.2 Å². The van der Waals surface area contributed by atoms with E-state index in [4.69, 9.17) is 9.47 Å². The Balaban J connectivity index is 1.58. The average molecular weight is 371 g/mol. The zero-order valence-electron chi connectivity index (χ0n) is 16.9. The fourth-order valence-electron chi connectivity index (χ4n) is 3.24. The molecule has 3 nitrogen and oxygen atoms in total. The summed E-state index contributed by atoms with van der Waals surface area (Å²) < 4.78 is 10.5. The van der Waals surface area contributed by atoms with Crippen LogP contribution >= 0.6 is 0 Å². The normalized spacial score (nSPS) is 19.0. The molecule has 1 saturated heterocycles. The van der Waals surface area contributed by atoms with Gasteiger partial charge in [-0.1, -0.05) is 88.3 Å². The van der Waals surface area contributed by atoms with E-state index in [0.717, 1.165) is 12.0 Å². The van der Waals surface area contributed by atoms with Crippen molar-refractivity contribution in [2.45, 2.75) is 76.9 Å². The van der Waals surface area contributed by atoms with Gasteiger partial charge in [0.05, 0.1) is 12.7 Å². The molecule has 0 aliphatic carbocycles. The van der Waals surface area contributed by atoms with Gasteiger partial charge in [-0.2, -0.15) is 0 Å². The molecule has 0 radical (unpaired) electrons. The summed E-state index contributed by atoms with van der Waals surface area (Å²) in [5.41, 5.74) is 1.59. The number of unbranched alkanes of at least 4 members (excludes halogenated alkanes) is 8. The molecule has 2 unspecified atom stereocenters. The first-order valence-corrected chi connectivity index (χ1v) is 10.4. The molecule has 0 aromatic heterocycles. The number of hydrogen-bond donors (Lipinski definition) is 0. The maximum atomic E-state index is 11.6. The van der Waals surface area contributed by atoms with E-state index in [9.17, 15) is 4.79 Å². The first kappa shape index (κ1) is 21.4. The highest BCUT2D eigenvalue weighted by Crippen LogP contribution is 2.39. The Hall–Kier alpha value is -1.87. The molecule has 0 N–H and O–H groups in total. The first-order valence-electron chi connectivity index (χ1n) is 10.4. The molecule has 0 saturated carbocycles. The first-order chi connectivity index (χ1) is 13.3. The van der Waals surface area contributed by atoms with Gasteiger partial charge in [0.25, 0.3) is 0 Å². The molecule has 2 rings (SSSR count). The Morgan fingerprint density at radius 1 is 1.07 bits per heavy atom. The van der Waals surface area contributed by atoms with Gasteiger partial charge in [0, 0.05) is 0 Å². The Morgan fingerprint density at radius 2 is 1.81 bits per heavy atom. The molecule has 0 spiro atoms. The summed E-state index contributed by atoms with van der Waals surface area (Å²) in [7, 11) is 1.40. The van der Waals surface area contributed by atoms with Crippen molar-refractivity contribution in [2.24, 2.45) is 0 Å². The zero-order valence-corrected chi connectivity index (χ0v) is 16.9. The Morgan fingerprint density at radius 3 is 2.56 bits per heavy atom. The molecule has 1 aliphatic heterocycles. The number of methoxy groups -OCH3 is 1. The lowest BCUT2D eigenvalue weighted by Gasteiger charge is -2.01. The average Bonchev–Trinajstić information content (AvgIpc) is 3.48. The summed E-state index contributed by atoms with van der Waals surface area (Å²) in [6.45, 7) is 2.26. The van der Waals surface area contributed by atoms with Gasteiger partial charge in [-0.05, 0) is 30.5 Å². The van der Waals surface area contributed by atoms with Crippen molar-refractivity contribution in [3.63, 3.8) is 0 Å². The number of epoxide rings is 1. The quantitative estimate of drug-likeness (QED) is 0.171. The van der Waals surface area contributed by atoms with Crippen molar-refractivity contribution in [3.8, 4) is 0 Å². The van der Waals surface area contributed by atoms with Crippen molar-refractivity contribution < 1.29 is 14.3 Å². The number of carbonyl (C=O) groups excluding carboxylic acids is 1. The smallest absolute Gasteiger partial charge is 0.337 e. The summed E-state index contributed by atoms with van der Waals surface area (Å²) in [5.74, 6) is -0.312. The van der Waals surface area contributed by atoms with E-state index in [-0.39, 0.29) is 18.2 Å². The summed E-state index contributed by atoms with van der Waals surface area (Å²) in [5, 5.41) is 0. The third-order valence-corrected chi connectivity index (χ3v) is 4.93. The number of allylic oxidation sites excluding steroid dienone is 3. The van der Waals surface area contributed by atoms with Crippen molar-refractivity contribution in [3.05, 3.63) is 59.7 Å². The van der Waals surface area contributed by atoms with E-state index in [1.807, 2.05) is 18.2 Å². The predicted molar refractivity (Wildman–Crippen MR) is 111 cm³/mol. The minimum atomic E-state index is -0.312. The van der Waals surface area contributed by atoms with Crippen LogP contribution in [-0.4, -0.2) is 19.2 Å². The Labute approximate surface area is 164 Å². The fraction of sp³-hybridized carbons (Fsp3) is 0.542. The van der Waals surface area contributed by atoms with Crippen LogP contribution in [0.2, 0.25) is 0 Å². The number of esters is 1. The van der Waals surface area contributed by atoms with Crippen LogP contribution in [0.5, 0.6) is 0 Å². The SMILES string of the molecule is CCCCCCCCCCC=CC=CC1OC1c1cccc(C(=O)OC)c1. The fourth-order valence-corrected chi connectivity index (χ4v) is 3.24. The minimum Gasteiger partial charge on any atom is -0.465 e. The molecule has 1 aromatic carbocycles. The van der Waals surface area contributed by atoms with Gasteiger partial charge in [0.1, 0.15) is 12.2 Å². The molecular formula is C24H34O3. The maximum absolute atomic E-state index is 11.6. The lowest BCUT2D eigenvalue weighted by atomic mass is 10.1. The summed E-state index contributed by atoms with van der Waals surface area (Å²) >= 11 is 0. The molecular weight excluding hydrogens is 336 g/mol. The molecule has 27 heavy (non-hydrogen) atoms. The molecule has 2 atom stereocenters. The van der Waals surface area contributed by atoms with Crippen LogP contribution in [-0.2, 0) is 9.47 Å². The third-order valence-electron chi connectivity index (χ3n) is 4.93. The van der Waals surface area contributed by atoms with E-state index in [1.54, 1.807) is 6.07 Å². The number of ether oxygens (including phenoxy) is 2. The highest BCUT2D eigenvalue weighted by molar-refractivity contribution is 5.89. The Kier molecular flexibility index (Phi) is 9.93. The number of carbonyl (C=O) groups is 1. The van der Waals surface area contributed by atoms with Crippen LogP contribution in [0.25, 0.3) is 0 Å².